The lowest BCUT2D eigenvalue weighted by Crippen LogP contribution is -2.38. The molecule has 1 aliphatic rings. The number of aliphatic hydroxyl groups excluding tert-OH is 1. The fraction of sp³-hybridized carbons (Fsp3) is 0.448. The number of amides is 1. The van der Waals surface area contributed by atoms with Crippen LogP contribution in [0.25, 0.3) is 5.76 Å². The maximum absolute atomic E-state index is 13.2. The van der Waals surface area contributed by atoms with Crippen LogP contribution in [0.3, 0.4) is 0 Å². The second kappa shape index (κ2) is 13.1. The van der Waals surface area contributed by atoms with Gasteiger partial charge < -0.3 is 24.4 Å². The largest absolute Gasteiger partial charge is 0.507 e. The van der Waals surface area contributed by atoms with Crippen LogP contribution in [0.4, 0.5) is 0 Å². The Labute approximate surface area is 214 Å². The number of carbonyl (C=O) groups is 2. The van der Waals surface area contributed by atoms with Gasteiger partial charge in [-0.2, -0.15) is 0 Å². The molecule has 0 aliphatic carbocycles. The van der Waals surface area contributed by atoms with Crippen molar-refractivity contribution in [1.82, 2.24) is 9.80 Å². The maximum atomic E-state index is 13.2. The summed E-state index contributed by atoms with van der Waals surface area (Å²) in [6, 6.07) is 13.6. The first kappa shape index (κ1) is 27.3. The number of carbonyl (C=O) groups excluding carboxylic acids is 2. The van der Waals surface area contributed by atoms with Gasteiger partial charge in [-0.15, -0.1) is 0 Å². The van der Waals surface area contributed by atoms with Gasteiger partial charge in [-0.3, -0.25) is 9.59 Å². The number of ether oxygens (including phenoxy) is 2. The summed E-state index contributed by atoms with van der Waals surface area (Å²) in [7, 11) is 0. The van der Waals surface area contributed by atoms with Gasteiger partial charge in [-0.1, -0.05) is 39.3 Å². The number of Topliss-reactive ketones (excluding diaryl/α,β-unsaturated/α-hetero) is 1. The summed E-state index contributed by atoms with van der Waals surface area (Å²) in [6.07, 6.45) is 2.00. The van der Waals surface area contributed by atoms with Crippen molar-refractivity contribution in [3.63, 3.8) is 0 Å². The Bertz CT molecular complexity index is 1040. The number of aliphatic hydroxyl groups is 1. The quantitative estimate of drug-likeness (QED) is 0.182. The lowest BCUT2D eigenvalue weighted by Gasteiger charge is -2.28. The summed E-state index contributed by atoms with van der Waals surface area (Å²) in [6.45, 7) is 12.0. The van der Waals surface area contributed by atoms with Crippen LogP contribution in [0.1, 0.15) is 57.7 Å². The van der Waals surface area contributed by atoms with Gasteiger partial charge in [-0.25, -0.2) is 0 Å². The Balaban J connectivity index is 1.99. The first-order chi connectivity index (χ1) is 17.4. The van der Waals surface area contributed by atoms with Crippen LogP contribution < -0.4 is 9.47 Å². The van der Waals surface area contributed by atoms with Crippen molar-refractivity contribution in [1.29, 1.82) is 0 Å². The van der Waals surface area contributed by atoms with Gasteiger partial charge in [0, 0.05) is 18.7 Å². The highest BCUT2D eigenvalue weighted by Gasteiger charge is 2.46. The molecule has 1 heterocycles. The van der Waals surface area contributed by atoms with Gasteiger partial charge in [0.05, 0.1) is 24.8 Å². The van der Waals surface area contributed by atoms with Crippen molar-refractivity contribution < 1.29 is 24.2 Å². The standard InChI is InChI=1S/C29H38N2O5/c1-5-9-20-36-24-16-12-22(13-17-24)27(32)25-26(21-10-14-23(15-11-21)35-8-4)31(29(34)28(25)33)19-18-30(6-2)7-3/h10-17,26,32H,5-9,18-20H2,1-4H3/b27-25+. The zero-order valence-corrected chi connectivity index (χ0v) is 21.8. The average molecular weight is 495 g/mol. The molecule has 7 heteroatoms. The van der Waals surface area contributed by atoms with Gasteiger partial charge >= 0.3 is 0 Å². The molecule has 7 nitrogen and oxygen atoms in total. The van der Waals surface area contributed by atoms with Crippen LogP contribution in [-0.4, -0.2) is 66.0 Å². The molecule has 1 atom stereocenters. The topological polar surface area (TPSA) is 79.3 Å². The van der Waals surface area contributed by atoms with Crippen molar-refractivity contribution >= 4 is 17.4 Å². The SMILES string of the molecule is CCCCOc1ccc(/C(O)=C2\C(=O)C(=O)N(CCN(CC)CC)C2c2ccc(OCC)cc2)cc1. The lowest BCUT2D eigenvalue weighted by molar-refractivity contribution is -0.140. The van der Waals surface area contributed by atoms with E-state index < -0.39 is 17.7 Å². The molecule has 2 aromatic rings. The van der Waals surface area contributed by atoms with E-state index in [4.69, 9.17) is 9.47 Å². The van der Waals surface area contributed by atoms with Crippen LogP contribution in [0.2, 0.25) is 0 Å². The zero-order chi connectivity index (χ0) is 26.1. The minimum Gasteiger partial charge on any atom is -0.507 e. The molecule has 0 spiro atoms. The van der Waals surface area contributed by atoms with Crippen LogP contribution in [0.15, 0.2) is 54.1 Å². The number of hydrogen-bond acceptors (Lipinski definition) is 6. The van der Waals surface area contributed by atoms with E-state index in [1.807, 2.05) is 31.2 Å². The number of hydrogen-bond donors (Lipinski definition) is 1. The number of likely N-dealkylation sites (tertiary alicyclic amines) is 1. The van der Waals surface area contributed by atoms with Crippen molar-refractivity contribution in [2.45, 2.75) is 46.6 Å². The Hall–Kier alpha value is -3.32. The predicted molar refractivity (Wildman–Crippen MR) is 141 cm³/mol. The second-order valence-electron chi connectivity index (χ2n) is 8.75. The molecule has 1 amide bonds. The highest BCUT2D eigenvalue weighted by Crippen LogP contribution is 2.39. The first-order valence-electron chi connectivity index (χ1n) is 12.9. The molecule has 0 bridgehead atoms. The summed E-state index contributed by atoms with van der Waals surface area (Å²) in [4.78, 5) is 30.2. The van der Waals surface area contributed by atoms with E-state index >= 15 is 0 Å². The van der Waals surface area contributed by atoms with Gasteiger partial charge in [0.1, 0.15) is 17.3 Å². The maximum Gasteiger partial charge on any atom is 0.295 e. The molecule has 1 fully saturated rings. The Morgan fingerprint density at radius 3 is 2.11 bits per heavy atom. The number of nitrogens with zero attached hydrogens (tertiary/aromatic N) is 2. The van der Waals surface area contributed by atoms with Crippen LogP contribution in [0, 0.1) is 0 Å². The van der Waals surface area contributed by atoms with Crippen molar-refractivity contribution in [2.24, 2.45) is 0 Å². The van der Waals surface area contributed by atoms with Crippen LogP contribution in [-0.2, 0) is 9.59 Å². The number of rotatable bonds is 13. The summed E-state index contributed by atoms with van der Waals surface area (Å²) < 4.78 is 11.3. The molecule has 194 valence electrons. The monoisotopic (exact) mass is 494 g/mol. The highest BCUT2D eigenvalue weighted by atomic mass is 16.5. The Kier molecular flexibility index (Phi) is 9.94. The van der Waals surface area contributed by atoms with Crippen molar-refractivity contribution in [3.8, 4) is 11.5 Å². The molecule has 36 heavy (non-hydrogen) atoms. The van der Waals surface area contributed by atoms with E-state index in [0.717, 1.165) is 31.5 Å². The van der Waals surface area contributed by atoms with Gasteiger partial charge in [-0.05, 0) is 68.4 Å². The van der Waals surface area contributed by atoms with E-state index in [2.05, 4.69) is 25.7 Å². The predicted octanol–water partition coefficient (Wildman–Crippen LogP) is 5.03. The smallest absolute Gasteiger partial charge is 0.295 e. The van der Waals surface area contributed by atoms with Crippen LogP contribution in [0.5, 0.6) is 11.5 Å². The fourth-order valence-corrected chi connectivity index (χ4v) is 4.36. The Morgan fingerprint density at radius 2 is 1.53 bits per heavy atom. The summed E-state index contributed by atoms with van der Waals surface area (Å²) in [5.41, 5.74) is 1.32. The molecule has 1 N–H and O–H groups in total. The number of ketones is 1. The number of benzene rings is 2. The van der Waals surface area contributed by atoms with E-state index in [0.29, 0.717) is 43.4 Å². The third-order valence-electron chi connectivity index (χ3n) is 6.49. The van der Waals surface area contributed by atoms with E-state index in [1.165, 1.54) is 0 Å². The minimum atomic E-state index is -0.684. The third kappa shape index (κ3) is 6.26. The van der Waals surface area contributed by atoms with Crippen molar-refractivity contribution in [2.75, 3.05) is 39.4 Å². The molecule has 3 rings (SSSR count). The van der Waals surface area contributed by atoms with E-state index in [1.54, 1.807) is 29.2 Å². The number of likely N-dealkylation sites (N-methyl/N-ethyl adjacent to an activating group) is 1. The molecule has 0 aromatic heterocycles. The molecule has 1 saturated heterocycles. The summed E-state index contributed by atoms with van der Waals surface area (Å²) in [5.74, 6) is -0.0447. The Morgan fingerprint density at radius 1 is 0.917 bits per heavy atom. The molecular formula is C29H38N2O5. The van der Waals surface area contributed by atoms with Gasteiger partial charge in [0.15, 0.2) is 0 Å². The lowest BCUT2D eigenvalue weighted by atomic mass is 9.95. The van der Waals surface area contributed by atoms with E-state index in [9.17, 15) is 14.7 Å². The summed E-state index contributed by atoms with van der Waals surface area (Å²) in [5, 5.41) is 11.3. The van der Waals surface area contributed by atoms with E-state index in [-0.39, 0.29) is 11.3 Å². The molecule has 0 saturated carbocycles. The summed E-state index contributed by atoms with van der Waals surface area (Å²) >= 11 is 0. The number of unbranched alkanes of at least 4 members (excludes halogenated alkanes) is 1. The molecule has 1 aliphatic heterocycles. The molecule has 1 unspecified atom stereocenters. The minimum absolute atomic E-state index is 0.100. The van der Waals surface area contributed by atoms with Crippen LogP contribution >= 0.6 is 0 Å². The highest BCUT2D eigenvalue weighted by molar-refractivity contribution is 6.46. The first-order valence-corrected chi connectivity index (χ1v) is 12.9. The second-order valence-corrected chi connectivity index (χ2v) is 8.75. The molecule has 2 aromatic carbocycles. The zero-order valence-electron chi connectivity index (χ0n) is 21.8. The average Bonchev–Trinajstić information content (AvgIpc) is 3.15. The molecular weight excluding hydrogens is 456 g/mol. The normalized spacial score (nSPS) is 17.1. The third-order valence-corrected chi connectivity index (χ3v) is 6.49. The van der Waals surface area contributed by atoms with Crippen molar-refractivity contribution in [3.05, 3.63) is 65.2 Å². The molecule has 0 radical (unpaired) electrons. The fourth-order valence-electron chi connectivity index (χ4n) is 4.36. The van der Waals surface area contributed by atoms with Gasteiger partial charge in [0.25, 0.3) is 11.7 Å². The van der Waals surface area contributed by atoms with Gasteiger partial charge in [0.2, 0.25) is 0 Å².